The predicted octanol–water partition coefficient (Wildman–Crippen LogP) is -1.03. The minimum atomic E-state index is -3.61. The number of hydrogen-bond acceptors (Lipinski definition) is 10. The highest BCUT2D eigenvalue weighted by atomic mass is 32.2. The second-order valence-corrected chi connectivity index (χ2v) is 6.15. The molecule has 11 nitrogen and oxygen atoms in total. The Kier molecular flexibility index (Phi) is 3.09. The van der Waals surface area contributed by atoms with Crippen LogP contribution in [-0.2, 0) is 9.84 Å². The van der Waals surface area contributed by atoms with E-state index in [1.54, 1.807) is 12.1 Å². The number of nitrogen functional groups attached to an aromatic ring is 1. The van der Waals surface area contributed by atoms with Gasteiger partial charge < -0.3 is 10.5 Å². The van der Waals surface area contributed by atoms with Crippen molar-refractivity contribution < 1.29 is 13.2 Å². The molecule has 0 spiro atoms. The van der Waals surface area contributed by atoms with E-state index in [9.17, 15) is 8.42 Å². The number of nitrogens with two attached hydrogens (primary N) is 1. The van der Waals surface area contributed by atoms with Crippen LogP contribution in [0.4, 0.5) is 5.95 Å². The molecule has 0 aromatic carbocycles. The molecule has 0 aliphatic heterocycles. The van der Waals surface area contributed by atoms with Gasteiger partial charge in [-0.25, -0.2) is 8.42 Å². The molecule has 12 heteroatoms. The maximum absolute atomic E-state index is 11.5. The molecule has 3 aromatic heterocycles. The Morgan fingerprint density at radius 3 is 2.55 bits per heavy atom. The average Bonchev–Trinajstić information content (AvgIpc) is 2.91. The fraction of sp³-hybridized carbons (Fsp3) is 0.200. The molecule has 0 saturated heterocycles. The first-order chi connectivity index (χ1) is 10.4. The summed E-state index contributed by atoms with van der Waals surface area (Å²) in [5.74, 6) is 0.374. The first-order valence-corrected chi connectivity index (χ1v) is 7.76. The standard InChI is InChI=1S/C10H10N8O3S/c1-21-6-4-3-5(15-16-6)7-12-9-14-10(22(2,19)20)13-8(11)18(9)17-7/h3-4H,1-2H3,(H2,11,12,13,14,17). The van der Waals surface area contributed by atoms with Crippen molar-refractivity contribution in [3.63, 3.8) is 0 Å². The highest BCUT2D eigenvalue weighted by molar-refractivity contribution is 7.90. The number of fused-ring (bicyclic) bond motifs is 1. The zero-order chi connectivity index (χ0) is 15.9. The van der Waals surface area contributed by atoms with Gasteiger partial charge in [0.2, 0.25) is 27.5 Å². The highest BCUT2D eigenvalue weighted by Gasteiger charge is 2.18. The van der Waals surface area contributed by atoms with Crippen molar-refractivity contribution in [3.8, 4) is 17.4 Å². The van der Waals surface area contributed by atoms with E-state index in [0.29, 0.717) is 11.6 Å². The molecule has 3 heterocycles. The molecule has 114 valence electrons. The normalized spacial score (nSPS) is 11.7. The molecular formula is C10H10N8O3S. The molecule has 0 unspecified atom stereocenters. The van der Waals surface area contributed by atoms with Crippen LogP contribution in [0.5, 0.6) is 5.88 Å². The van der Waals surface area contributed by atoms with E-state index in [-0.39, 0.29) is 17.6 Å². The Morgan fingerprint density at radius 2 is 1.95 bits per heavy atom. The van der Waals surface area contributed by atoms with Gasteiger partial charge in [0.05, 0.1) is 7.11 Å². The summed E-state index contributed by atoms with van der Waals surface area (Å²) in [6, 6.07) is 3.19. The first-order valence-electron chi connectivity index (χ1n) is 5.87. The summed E-state index contributed by atoms with van der Waals surface area (Å²) in [7, 11) is -2.14. The first kappa shape index (κ1) is 14.1. The smallest absolute Gasteiger partial charge is 0.258 e. The molecule has 0 saturated carbocycles. The fourth-order valence-electron chi connectivity index (χ4n) is 1.61. The summed E-state index contributed by atoms with van der Waals surface area (Å²) in [5.41, 5.74) is 6.03. The van der Waals surface area contributed by atoms with Crippen LogP contribution >= 0.6 is 0 Å². The van der Waals surface area contributed by atoms with Gasteiger partial charge in [0.25, 0.3) is 10.9 Å². The monoisotopic (exact) mass is 322 g/mol. The Balaban J connectivity index is 2.14. The molecule has 0 radical (unpaired) electrons. The van der Waals surface area contributed by atoms with Gasteiger partial charge in [-0.1, -0.05) is 0 Å². The summed E-state index contributed by atoms with van der Waals surface area (Å²) < 4.78 is 29.0. The lowest BCUT2D eigenvalue weighted by atomic mass is 10.4. The quantitative estimate of drug-likeness (QED) is 0.633. The van der Waals surface area contributed by atoms with Crippen molar-refractivity contribution in [2.24, 2.45) is 0 Å². The molecule has 22 heavy (non-hydrogen) atoms. The number of aromatic nitrogens is 7. The second kappa shape index (κ2) is 4.84. The number of sulfone groups is 1. The highest BCUT2D eigenvalue weighted by Crippen LogP contribution is 2.16. The average molecular weight is 322 g/mol. The van der Waals surface area contributed by atoms with Gasteiger partial charge in [0, 0.05) is 12.3 Å². The number of rotatable bonds is 3. The second-order valence-electron chi connectivity index (χ2n) is 4.24. The lowest BCUT2D eigenvalue weighted by Gasteiger charge is -1.99. The van der Waals surface area contributed by atoms with E-state index >= 15 is 0 Å². The largest absolute Gasteiger partial charge is 0.480 e. The molecule has 0 bridgehead atoms. The Hall–Kier alpha value is -2.89. The van der Waals surface area contributed by atoms with Crippen LogP contribution in [0, 0.1) is 0 Å². The third-order valence-electron chi connectivity index (χ3n) is 2.62. The van der Waals surface area contributed by atoms with Crippen LogP contribution in [0.3, 0.4) is 0 Å². The van der Waals surface area contributed by atoms with Gasteiger partial charge in [-0.15, -0.1) is 15.3 Å². The van der Waals surface area contributed by atoms with Crippen LogP contribution in [0.15, 0.2) is 17.3 Å². The van der Waals surface area contributed by atoms with E-state index in [0.717, 1.165) is 10.8 Å². The molecule has 3 rings (SSSR count). The van der Waals surface area contributed by atoms with Crippen molar-refractivity contribution in [1.29, 1.82) is 0 Å². The SMILES string of the molecule is COc1ccc(-c2nc3nc(S(C)(=O)=O)nc(N)n3n2)nn1. The molecule has 0 atom stereocenters. The summed E-state index contributed by atoms with van der Waals surface area (Å²) in [6.45, 7) is 0. The van der Waals surface area contributed by atoms with E-state index in [1.807, 2.05) is 0 Å². The fourth-order valence-corrected chi connectivity index (χ4v) is 2.12. The van der Waals surface area contributed by atoms with Crippen molar-refractivity contribution in [2.75, 3.05) is 19.1 Å². The van der Waals surface area contributed by atoms with Crippen LogP contribution in [0.25, 0.3) is 17.3 Å². The van der Waals surface area contributed by atoms with Crippen LogP contribution in [0.1, 0.15) is 0 Å². The van der Waals surface area contributed by atoms with Crippen LogP contribution < -0.4 is 10.5 Å². The zero-order valence-corrected chi connectivity index (χ0v) is 12.3. The van der Waals surface area contributed by atoms with E-state index in [4.69, 9.17) is 10.5 Å². The summed E-state index contributed by atoms with van der Waals surface area (Å²) in [4.78, 5) is 11.6. The molecular weight excluding hydrogens is 312 g/mol. The number of nitrogens with zero attached hydrogens (tertiary/aromatic N) is 7. The van der Waals surface area contributed by atoms with Crippen molar-refractivity contribution in [1.82, 2.24) is 34.8 Å². The minimum Gasteiger partial charge on any atom is -0.480 e. The Morgan fingerprint density at radius 1 is 1.18 bits per heavy atom. The van der Waals surface area contributed by atoms with Gasteiger partial charge in [-0.3, -0.25) is 0 Å². The topological polar surface area (TPSA) is 151 Å². The molecule has 3 aromatic rings. The zero-order valence-electron chi connectivity index (χ0n) is 11.5. The Labute approximate surface area is 124 Å². The summed E-state index contributed by atoms with van der Waals surface area (Å²) in [5, 5.41) is 11.4. The van der Waals surface area contributed by atoms with Gasteiger partial charge in [-0.05, 0) is 6.07 Å². The van der Waals surface area contributed by atoms with E-state index < -0.39 is 15.0 Å². The molecule has 0 amide bonds. The number of anilines is 1. The molecule has 2 N–H and O–H groups in total. The predicted molar refractivity (Wildman–Crippen MR) is 73.7 cm³/mol. The molecule has 0 aliphatic carbocycles. The van der Waals surface area contributed by atoms with Gasteiger partial charge in [-0.2, -0.15) is 19.5 Å². The van der Waals surface area contributed by atoms with Gasteiger partial charge in [0.1, 0.15) is 5.69 Å². The maximum Gasteiger partial charge on any atom is 0.258 e. The lowest BCUT2D eigenvalue weighted by Crippen LogP contribution is -2.11. The molecule has 0 fully saturated rings. The Bertz CT molecular complexity index is 950. The summed E-state index contributed by atoms with van der Waals surface area (Å²) >= 11 is 0. The van der Waals surface area contributed by atoms with Crippen molar-refractivity contribution in [3.05, 3.63) is 12.1 Å². The summed E-state index contributed by atoms with van der Waals surface area (Å²) in [6.07, 6.45) is 0.977. The maximum atomic E-state index is 11.5. The third kappa shape index (κ3) is 2.39. The van der Waals surface area contributed by atoms with Crippen LogP contribution in [0.2, 0.25) is 0 Å². The minimum absolute atomic E-state index is 0.000503. The van der Waals surface area contributed by atoms with Crippen LogP contribution in [-0.4, -0.2) is 56.5 Å². The molecule has 0 aliphatic rings. The van der Waals surface area contributed by atoms with Gasteiger partial charge in [0.15, 0.2) is 0 Å². The van der Waals surface area contributed by atoms with Gasteiger partial charge >= 0.3 is 0 Å². The number of hydrogen-bond donors (Lipinski definition) is 1. The van der Waals surface area contributed by atoms with Crippen molar-refractivity contribution in [2.45, 2.75) is 5.16 Å². The third-order valence-corrected chi connectivity index (χ3v) is 3.47. The van der Waals surface area contributed by atoms with Crippen molar-refractivity contribution >= 4 is 21.6 Å². The van der Waals surface area contributed by atoms with E-state index in [2.05, 4.69) is 30.2 Å². The number of methoxy groups -OCH3 is 1. The van der Waals surface area contributed by atoms with E-state index in [1.165, 1.54) is 7.11 Å². The number of ether oxygens (including phenoxy) is 1. The lowest BCUT2D eigenvalue weighted by molar-refractivity contribution is 0.392.